The summed E-state index contributed by atoms with van der Waals surface area (Å²) in [6.45, 7) is 11.1. The summed E-state index contributed by atoms with van der Waals surface area (Å²) in [6, 6.07) is 0. The highest BCUT2D eigenvalue weighted by molar-refractivity contribution is 5.68. The maximum absolute atomic E-state index is 12.2. The largest absolute Gasteiger partial charge is 0.444 e. The molecule has 2 N–H and O–H groups in total. The summed E-state index contributed by atoms with van der Waals surface area (Å²) in [7, 11) is 0. The monoisotopic (exact) mass is 312 g/mol. The fourth-order valence-corrected chi connectivity index (χ4v) is 3.57. The second-order valence-electron chi connectivity index (χ2n) is 8.13. The van der Waals surface area contributed by atoms with Gasteiger partial charge in [-0.05, 0) is 71.4 Å². The molecule has 0 bridgehead atoms. The molecule has 5 nitrogen and oxygen atoms in total. The van der Waals surface area contributed by atoms with Crippen LogP contribution in [-0.4, -0.2) is 53.5 Å². The Kier molecular flexibility index (Phi) is 5.38. The van der Waals surface area contributed by atoms with Crippen LogP contribution >= 0.6 is 0 Å². The molecule has 0 aliphatic carbocycles. The maximum atomic E-state index is 12.2. The normalized spacial score (nSPS) is 29.2. The molecule has 2 atom stereocenters. The molecule has 1 amide bonds. The highest BCUT2D eigenvalue weighted by Gasteiger charge is 2.37. The minimum Gasteiger partial charge on any atom is -0.444 e. The number of rotatable bonds is 2. The maximum Gasteiger partial charge on any atom is 0.410 e. The van der Waals surface area contributed by atoms with Gasteiger partial charge in [-0.2, -0.15) is 0 Å². The van der Waals surface area contributed by atoms with E-state index >= 15 is 0 Å². The zero-order valence-electron chi connectivity index (χ0n) is 14.5. The molecule has 2 saturated heterocycles. The number of aliphatic hydroxyl groups is 1. The van der Waals surface area contributed by atoms with Crippen LogP contribution < -0.4 is 5.32 Å². The summed E-state index contributed by atoms with van der Waals surface area (Å²) >= 11 is 0. The third-order valence-electron chi connectivity index (χ3n) is 4.91. The number of carbonyl (C=O) groups excluding carboxylic acids is 1. The van der Waals surface area contributed by atoms with Gasteiger partial charge < -0.3 is 20.1 Å². The molecule has 128 valence electrons. The highest BCUT2D eigenvalue weighted by atomic mass is 16.6. The third kappa shape index (κ3) is 4.85. The lowest BCUT2D eigenvalue weighted by Crippen LogP contribution is -2.48. The Bertz CT molecular complexity index is 386. The second-order valence-corrected chi connectivity index (χ2v) is 8.13. The van der Waals surface area contributed by atoms with Crippen LogP contribution in [0.4, 0.5) is 4.79 Å². The van der Waals surface area contributed by atoms with E-state index in [-0.39, 0.29) is 6.09 Å². The summed E-state index contributed by atoms with van der Waals surface area (Å²) in [5.41, 5.74) is -0.959. The topological polar surface area (TPSA) is 61.8 Å². The first-order chi connectivity index (χ1) is 10.2. The number of hydrogen-bond acceptors (Lipinski definition) is 4. The predicted molar refractivity (Wildman–Crippen MR) is 86.7 cm³/mol. The molecule has 2 unspecified atom stereocenters. The summed E-state index contributed by atoms with van der Waals surface area (Å²) in [5, 5.41) is 14.0. The molecule has 0 saturated carbocycles. The third-order valence-corrected chi connectivity index (χ3v) is 4.91. The van der Waals surface area contributed by atoms with Gasteiger partial charge in [0, 0.05) is 13.1 Å². The van der Waals surface area contributed by atoms with Gasteiger partial charge in [-0.3, -0.25) is 0 Å². The fraction of sp³-hybridized carbons (Fsp3) is 0.941. The van der Waals surface area contributed by atoms with Crippen molar-refractivity contribution in [3.63, 3.8) is 0 Å². The van der Waals surface area contributed by atoms with Crippen molar-refractivity contribution < 1.29 is 14.6 Å². The standard InChI is InChI=1S/C17H32N2O3/c1-13-12-19(15(20)22-16(2,3)4)10-5-14(13)11-17(21)6-8-18-9-7-17/h13-14,18,21H,5-12H2,1-4H3. The first kappa shape index (κ1) is 17.5. The SMILES string of the molecule is CC1CN(C(=O)OC(C)(C)C)CCC1CC1(O)CCNCC1. The number of carbonyl (C=O) groups is 1. The molecule has 5 heteroatoms. The summed E-state index contributed by atoms with van der Waals surface area (Å²) < 4.78 is 5.46. The van der Waals surface area contributed by atoms with Crippen molar-refractivity contribution in [2.45, 2.75) is 64.6 Å². The number of nitrogens with one attached hydrogen (secondary N) is 1. The van der Waals surface area contributed by atoms with Gasteiger partial charge in [0.1, 0.15) is 5.60 Å². The second kappa shape index (κ2) is 6.75. The molecule has 2 aliphatic rings. The van der Waals surface area contributed by atoms with E-state index in [1.54, 1.807) is 0 Å². The fourth-order valence-electron chi connectivity index (χ4n) is 3.57. The van der Waals surface area contributed by atoms with E-state index in [0.29, 0.717) is 11.8 Å². The van der Waals surface area contributed by atoms with Crippen molar-refractivity contribution in [3.8, 4) is 0 Å². The molecule has 22 heavy (non-hydrogen) atoms. The van der Waals surface area contributed by atoms with Crippen LogP contribution in [0.3, 0.4) is 0 Å². The van der Waals surface area contributed by atoms with Gasteiger partial charge in [0.15, 0.2) is 0 Å². The molecule has 2 heterocycles. The first-order valence-electron chi connectivity index (χ1n) is 8.60. The van der Waals surface area contributed by atoms with Gasteiger partial charge in [-0.25, -0.2) is 4.79 Å². The average molecular weight is 312 g/mol. The van der Waals surface area contributed by atoms with Gasteiger partial charge in [0.2, 0.25) is 0 Å². The van der Waals surface area contributed by atoms with Gasteiger partial charge in [-0.15, -0.1) is 0 Å². The van der Waals surface area contributed by atoms with Gasteiger partial charge in [0.05, 0.1) is 5.60 Å². The number of ether oxygens (including phenoxy) is 1. The van der Waals surface area contributed by atoms with E-state index < -0.39 is 11.2 Å². The Balaban J connectivity index is 1.86. The number of hydrogen-bond donors (Lipinski definition) is 2. The smallest absolute Gasteiger partial charge is 0.410 e. The minimum absolute atomic E-state index is 0.210. The van der Waals surface area contributed by atoms with Crippen LogP contribution in [0.1, 0.15) is 53.4 Å². The van der Waals surface area contributed by atoms with E-state index in [1.165, 1.54) is 0 Å². The van der Waals surface area contributed by atoms with Gasteiger partial charge >= 0.3 is 6.09 Å². The zero-order valence-corrected chi connectivity index (χ0v) is 14.5. The van der Waals surface area contributed by atoms with Crippen LogP contribution in [0, 0.1) is 11.8 Å². The van der Waals surface area contributed by atoms with Crippen molar-refractivity contribution in [2.24, 2.45) is 11.8 Å². The zero-order chi connectivity index (χ0) is 16.4. The predicted octanol–water partition coefficient (Wildman–Crippen LogP) is 2.38. The molecule has 0 spiro atoms. The van der Waals surface area contributed by atoms with Crippen LogP contribution in [0.5, 0.6) is 0 Å². The van der Waals surface area contributed by atoms with E-state index in [4.69, 9.17) is 4.74 Å². The van der Waals surface area contributed by atoms with Crippen LogP contribution in [-0.2, 0) is 4.74 Å². The number of amides is 1. The summed E-state index contributed by atoms with van der Waals surface area (Å²) in [6.07, 6.45) is 3.28. The molecule has 2 fully saturated rings. The molecule has 0 aromatic rings. The average Bonchev–Trinajstić information content (AvgIpc) is 2.39. The van der Waals surface area contributed by atoms with E-state index in [1.807, 2.05) is 25.7 Å². The Morgan fingerprint density at radius 1 is 1.36 bits per heavy atom. The molecule has 2 aliphatic heterocycles. The van der Waals surface area contributed by atoms with E-state index in [2.05, 4.69) is 12.2 Å². The van der Waals surface area contributed by atoms with Gasteiger partial charge in [-0.1, -0.05) is 6.92 Å². The number of nitrogens with zero attached hydrogens (tertiary/aromatic N) is 1. The molecule has 0 aromatic carbocycles. The van der Waals surface area contributed by atoms with Crippen LogP contribution in [0.15, 0.2) is 0 Å². The molecular formula is C17H32N2O3. The molecule has 0 radical (unpaired) electrons. The minimum atomic E-state index is -0.516. The lowest BCUT2D eigenvalue weighted by Gasteiger charge is -2.42. The lowest BCUT2D eigenvalue weighted by molar-refractivity contribution is -0.0331. The Hall–Kier alpha value is -0.810. The molecule has 0 aromatic heterocycles. The Morgan fingerprint density at radius 3 is 2.55 bits per heavy atom. The summed E-state index contributed by atoms with van der Waals surface area (Å²) in [4.78, 5) is 14.0. The Morgan fingerprint density at radius 2 is 2.00 bits per heavy atom. The van der Waals surface area contributed by atoms with Crippen molar-refractivity contribution in [1.82, 2.24) is 10.2 Å². The van der Waals surface area contributed by atoms with Crippen molar-refractivity contribution >= 4 is 6.09 Å². The van der Waals surface area contributed by atoms with E-state index in [9.17, 15) is 9.90 Å². The first-order valence-corrected chi connectivity index (χ1v) is 8.60. The summed E-state index contributed by atoms with van der Waals surface area (Å²) in [5.74, 6) is 0.891. The van der Waals surface area contributed by atoms with Crippen LogP contribution in [0.25, 0.3) is 0 Å². The van der Waals surface area contributed by atoms with Gasteiger partial charge in [0.25, 0.3) is 0 Å². The highest BCUT2D eigenvalue weighted by Crippen LogP contribution is 2.34. The van der Waals surface area contributed by atoms with Crippen molar-refractivity contribution in [1.29, 1.82) is 0 Å². The Labute approximate surface area is 134 Å². The molecular weight excluding hydrogens is 280 g/mol. The van der Waals surface area contributed by atoms with E-state index in [0.717, 1.165) is 51.9 Å². The number of likely N-dealkylation sites (tertiary alicyclic amines) is 1. The van der Waals surface area contributed by atoms with Crippen LogP contribution in [0.2, 0.25) is 0 Å². The van der Waals surface area contributed by atoms with Crippen molar-refractivity contribution in [3.05, 3.63) is 0 Å². The number of piperidine rings is 2. The lowest BCUT2D eigenvalue weighted by atomic mass is 9.75. The van der Waals surface area contributed by atoms with Crippen molar-refractivity contribution in [2.75, 3.05) is 26.2 Å². The molecule has 2 rings (SSSR count). The quantitative estimate of drug-likeness (QED) is 0.822.